The SMILES string of the molecule is COC(=O)c1ccc2cc3cc(C(F)(F)F)ccc3nc2c1. The van der Waals surface area contributed by atoms with Crippen molar-refractivity contribution in [3.8, 4) is 0 Å². The number of benzene rings is 2. The molecule has 0 aliphatic heterocycles. The lowest BCUT2D eigenvalue weighted by molar-refractivity contribution is -0.137. The van der Waals surface area contributed by atoms with E-state index in [4.69, 9.17) is 0 Å². The Morgan fingerprint density at radius 3 is 2.45 bits per heavy atom. The highest BCUT2D eigenvalue weighted by Gasteiger charge is 2.30. The zero-order chi connectivity index (χ0) is 15.9. The molecule has 3 aromatic rings. The number of alkyl halides is 3. The van der Waals surface area contributed by atoms with Crippen LogP contribution in [0.4, 0.5) is 13.2 Å². The molecule has 6 heteroatoms. The lowest BCUT2D eigenvalue weighted by atomic mass is 10.1. The molecule has 0 saturated carbocycles. The van der Waals surface area contributed by atoms with E-state index in [1.165, 1.54) is 13.2 Å². The second-order valence-electron chi connectivity index (χ2n) is 4.79. The van der Waals surface area contributed by atoms with E-state index in [-0.39, 0.29) is 0 Å². The third kappa shape index (κ3) is 2.47. The lowest BCUT2D eigenvalue weighted by Gasteiger charge is -2.08. The van der Waals surface area contributed by atoms with Gasteiger partial charge in [-0.05, 0) is 36.4 Å². The van der Waals surface area contributed by atoms with Gasteiger partial charge in [0.25, 0.3) is 0 Å². The fourth-order valence-electron chi connectivity index (χ4n) is 2.25. The number of hydrogen-bond donors (Lipinski definition) is 0. The van der Waals surface area contributed by atoms with E-state index in [9.17, 15) is 18.0 Å². The van der Waals surface area contributed by atoms with Crippen LogP contribution in [-0.4, -0.2) is 18.1 Å². The Kier molecular flexibility index (Phi) is 3.24. The number of halogens is 3. The topological polar surface area (TPSA) is 39.2 Å². The maximum atomic E-state index is 12.7. The van der Waals surface area contributed by atoms with E-state index < -0.39 is 17.7 Å². The second-order valence-corrected chi connectivity index (χ2v) is 4.79. The van der Waals surface area contributed by atoms with Crippen LogP contribution in [0.3, 0.4) is 0 Å². The minimum Gasteiger partial charge on any atom is -0.465 e. The summed E-state index contributed by atoms with van der Waals surface area (Å²) in [4.78, 5) is 15.8. The summed E-state index contributed by atoms with van der Waals surface area (Å²) >= 11 is 0. The Morgan fingerprint density at radius 2 is 1.77 bits per heavy atom. The van der Waals surface area contributed by atoms with Crippen LogP contribution < -0.4 is 0 Å². The number of carbonyl (C=O) groups is 1. The second kappa shape index (κ2) is 4.98. The third-order valence-electron chi connectivity index (χ3n) is 3.36. The highest BCUT2D eigenvalue weighted by atomic mass is 19.4. The van der Waals surface area contributed by atoms with Crippen molar-refractivity contribution in [2.45, 2.75) is 6.18 Å². The van der Waals surface area contributed by atoms with Crippen molar-refractivity contribution >= 4 is 27.8 Å². The van der Waals surface area contributed by atoms with Crippen LogP contribution in [0.5, 0.6) is 0 Å². The standard InChI is InChI=1S/C16H10F3NO2/c1-22-15(21)10-3-2-9-6-11-7-12(16(17,18)19)4-5-13(11)20-14(9)8-10/h2-8H,1H3. The minimum atomic E-state index is -4.39. The van der Waals surface area contributed by atoms with Gasteiger partial charge in [0.05, 0.1) is 29.3 Å². The minimum absolute atomic E-state index is 0.341. The van der Waals surface area contributed by atoms with Gasteiger partial charge in [-0.3, -0.25) is 0 Å². The fraction of sp³-hybridized carbons (Fsp3) is 0.125. The van der Waals surface area contributed by atoms with Crippen molar-refractivity contribution in [2.75, 3.05) is 7.11 Å². The van der Waals surface area contributed by atoms with E-state index in [2.05, 4.69) is 9.72 Å². The van der Waals surface area contributed by atoms with Crippen molar-refractivity contribution in [3.05, 3.63) is 53.6 Å². The number of esters is 1. The van der Waals surface area contributed by atoms with Gasteiger partial charge in [-0.25, -0.2) is 9.78 Å². The average Bonchev–Trinajstić information content (AvgIpc) is 2.50. The molecule has 0 spiro atoms. The molecule has 22 heavy (non-hydrogen) atoms. The molecule has 0 unspecified atom stereocenters. The highest BCUT2D eigenvalue weighted by Crippen LogP contribution is 2.32. The van der Waals surface area contributed by atoms with Crippen molar-refractivity contribution < 1.29 is 22.7 Å². The Hall–Kier alpha value is -2.63. The zero-order valence-corrected chi connectivity index (χ0v) is 11.4. The van der Waals surface area contributed by atoms with Crippen LogP contribution in [0.15, 0.2) is 42.5 Å². The number of hydrogen-bond acceptors (Lipinski definition) is 3. The maximum absolute atomic E-state index is 12.7. The zero-order valence-electron chi connectivity index (χ0n) is 11.4. The molecule has 0 aliphatic carbocycles. The van der Waals surface area contributed by atoms with Crippen LogP contribution in [0, 0.1) is 0 Å². The first-order valence-electron chi connectivity index (χ1n) is 6.38. The van der Waals surface area contributed by atoms with Gasteiger partial charge in [0, 0.05) is 10.8 Å². The largest absolute Gasteiger partial charge is 0.465 e. The van der Waals surface area contributed by atoms with Crippen LogP contribution in [0.2, 0.25) is 0 Å². The van der Waals surface area contributed by atoms with Gasteiger partial charge in [0.1, 0.15) is 0 Å². The molecule has 0 bridgehead atoms. The molecule has 3 rings (SSSR count). The summed E-state index contributed by atoms with van der Waals surface area (Å²) in [6.07, 6.45) is -4.39. The quantitative estimate of drug-likeness (QED) is 0.500. The molecule has 0 radical (unpaired) electrons. The molecule has 112 valence electrons. The first-order chi connectivity index (χ1) is 10.4. The molecule has 0 amide bonds. The smallest absolute Gasteiger partial charge is 0.416 e. The summed E-state index contributed by atoms with van der Waals surface area (Å²) < 4.78 is 42.9. The number of aromatic nitrogens is 1. The van der Waals surface area contributed by atoms with Crippen LogP contribution in [0.25, 0.3) is 21.8 Å². The van der Waals surface area contributed by atoms with Gasteiger partial charge in [0.15, 0.2) is 0 Å². The van der Waals surface area contributed by atoms with Gasteiger partial charge in [0.2, 0.25) is 0 Å². The molecule has 0 saturated heterocycles. The van der Waals surface area contributed by atoms with Gasteiger partial charge in [-0.2, -0.15) is 13.2 Å². The van der Waals surface area contributed by atoms with E-state index >= 15 is 0 Å². The summed E-state index contributed by atoms with van der Waals surface area (Å²) in [5.74, 6) is -0.490. The van der Waals surface area contributed by atoms with Crippen LogP contribution >= 0.6 is 0 Å². The van der Waals surface area contributed by atoms with Gasteiger partial charge < -0.3 is 4.74 Å². The highest BCUT2D eigenvalue weighted by molar-refractivity contribution is 5.98. The molecule has 2 aromatic carbocycles. The number of methoxy groups -OCH3 is 1. The van der Waals surface area contributed by atoms with E-state index in [1.807, 2.05) is 0 Å². The van der Waals surface area contributed by atoms with Crippen molar-refractivity contribution in [1.29, 1.82) is 0 Å². The van der Waals surface area contributed by atoms with Crippen LogP contribution in [-0.2, 0) is 10.9 Å². The summed E-state index contributed by atoms with van der Waals surface area (Å²) in [6.45, 7) is 0. The summed E-state index contributed by atoms with van der Waals surface area (Å²) in [6, 6.07) is 9.74. The monoisotopic (exact) mass is 305 g/mol. The predicted octanol–water partition coefficient (Wildman–Crippen LogP) is 4.19. The summed E-state index contributed by atoms with van der Waals surface area (Å²) in [7, 11) is 1.28. The molecule has 0 N–H and O–H groups in total. The molecular formula is C16H10F3NO2. The summed E-state index contributed by atoms with van der Waals surface area (Å²) in [5.41, 5.74) is 0.582. The molecule has 1 heterocycles. The normalized spacial score (nSPS) is 11.8. The predicted molar refractivity (Wildman–Crippen MR) is 75.6 cm³/mol. The lowest BCUT2D eigenvalue weighted by Crippen LogP contribution is -2.04. The van der Waals surface area contributed by atoms with E-state index in [0.717, 1.165) is 12.1 Å². The Balaban J connectivity index is 2.19. The van der Waals surface area contributed by atoms with Gasteiger partial charge in [-0.1, -0.05) is 6.07 Å². The molecule has 0 fully saturated rings. The maximum Gasteiger partial charge on any atom is 0.416 e. The van der Waals surface area contributed by atoms with Gasteiger partial charge in [-0.15, -0.1) is 0 Å². The molecule has 1 aromatic heterocycles. The first kappa shape index (κ1) is 14.3. The number of nitrogens with zero attached hydrogens (tertiary/aromatic N) is 1. The first-order valence-corrected chi connectivity index (χ1v) is 6.38. The molecular weight excluding hydrogens is 295 g/mol. The Morgan fingerprint density at radius 1 is 1.00 bits per heavy atom. The van der Waals surface area contributed by atoms with E-state index in [0.29, 0.717) is 27.4 Å². The third-order valence-corrected chi connectivity index (χ3v) is 3.36. The number of ether oxygens (including phenoxy) is 1. The number of rotatable bonds is 1. The number of carbonyl (C=O) groups excluding carboxylic acids is 1. The Labute approximate surface area is 123 Å². The van der Waals surface area contributed by atoms with Gasteiger partial charge >= 0.3 is 12.1 Å². The van der Waals surface area contributed by atoms with E-state index in [1.54, 1.807) is 24.3 Å². The van der Waals surface area contributed by atoms with Crippen molar-refractivity contribution in [1.82, 2.24) is 4.98 Å². The van der Waals surface area contributed by atoms with Crippen molar-refractivity contribution in [2.24, 2.45) is 0 Å². The molecule has 0 atom stereocenters. The fourth-order valence-corrected chi connectivity index (χ4v) is 2.25. The summed E-state index contributed by atoms with van der Waals surface area (Å²) in [5, 5.41) is 1.05. The van der Waals surface area contributed by atoms with Crippen molar-refractivity contribution in [3.63, 3.8) is 0 Å². The number of fused-ring (bicyclic) bond motifs is 2. The van der Waals surface area contributed by atoms with Crippen LogP contribution in [0.1, 0.15) is 15.9 Å². The average molecular weight is 305 g/mol. The molecule has 0 aliphatic rings. The number of pyridine rings is 1. The molecule has 3 nitrogen and oxygen atoms in total. The Bertz CT molecular complexity index is 888.